The third kappa shape index (κ3) is 4.83. The van der Waals surface area contributed by atoms with Gasteiger partial charge in [-0.2, -0.15) is 4.98 Å². The molecule has 2 saturated heterocycles. The Morgan fingerprint density at radius 2 is 1.64 bits per heavy atom. The second kappa shape index (κ2) is 8.00. The minimum Gasteiger partial charge on any atom is -0.378 e. The number of benzene rings is 1. The summed E-state index contributed by atoms with van der Waals surface area (Å²) in [5.74, 6) is -0.724. The fourth-order valence-electron chi connectivity index (χ4n) is 4.67. The number of imidazole rings is 1. The van der Waals surface area contributed by atoms with E-state index in [1.807, 2.05) is 4.90 Å². The van der Waals surface area contributed by atoms with Gasteiger partial charge in [-0.3, -0.25) is 4.79 Å². The molecule has 196 valence electrons. The molecule has 0 spiro atoms. The van der Waals surface area contributed by atoms with E-state index in [1.165, 1.54) is 4.90 Å². The number of piperidine rings is 1. The van der Waals surface area contributed by atoms with Gasteiger partial charge in [0.1, 0.15) is 10.7 Å². The van der Waals surface area contributed by atoms with Crippen molar-refractivity contribution in [1.82, 2.24) is 19.9 Å². The zero-order chi connectivity index (χ0) is 25.8. The molecule has 7 nitrogen and oxygen atoms in total. The van der Waals surface area contributed by atoms with Crippen LogP contribution in [0.25, 0.3) is 11.2 Å². The number of carbonyl (C=O) groups excluding carboxylic acids is 1. The van der Waals surface area contributed by atoms with Crippen LogP contribution in [0, 0.1) is 5.82 Å². The third-order valence-electron chi connectivity index (χ3n) is 6.55. The van der Waals surface area contributed by atoms with Crippen molar-refractivity contribution < 1.29 is 33.4 Å². The van der Waals surface area contributed by atoms with Crippen molar-refractivity contribution in [3.8, 4) is 0 Å². The summed E-state index contributed by atoms with van der Waals surface area (Å²) in [6, 6.07) is 1.97. The van der Waals surface area contributed by atoms with Crippen molar-refractivity contribution in [1.29, 1.82) is 0 Å². The Kier molecular flexibility index (Phi) is 5.49. The van der Waals surface area contributed by atoms with Crippen LogP contribution in [-0.2, 0) is 4.74 Å². The Labute approximate surface area is 202 Å². The maximum atomic E-state index is 14.9. The molecule has 1 amide bonds. The molecular weight excluding hydrogens is 512 g/mol. The lowest BCUT2D eigenvalue weighted by atomic mass is 9.88. The molecule has 0 aliphatic carbocycles. The van der Waals surface area contributed by atoms with Crippen molar-refractivity contribution in [3.05, 3.63) is 47.4 Å². The van der Waals surface area contributed by atoms with Gasteiger partial charge in [-0.1, -0.05) is 19.4 Å². The highest BCUT2D eigenvalue weighted by Gasteiger charge is 2.65. The highest BCUT2D eigenvalue weighted by molar-refractivity contribution is 8.45. The van der Waals surface area contributed by atoms with Crippen molar-refractivity contribution in [2.24, 2.45) is 0 Å². The zero-order valence-corrected chi connectivity index (χ0v) is 19.7. The summed E-state index contributed by atoms with van der Waals surface area (Å²) in [6.07, 6.45) is 1.92. The predicted octanol–water partition coefficient (Wildman–Crippen LogP) is 5.61. The molecule has 1 N–H and O–H groups in total. The predicted molar refractivity (Wildman–Crippen MR) is 123 cm³/mol. The number of hydrogen-bond acceptors (Lipinski definition) is 5. The van der Waals surface area contributed by atoms with Gasteiger partial charge in [-0.25, -0.2) is 9.37 Å². The van der Waals surface area contributed by atoms with Crippen LogP contribution in [0.15, 0.2) is 35.4 Å². The highest BCUT2D eigenvalue weighted by Crippen LogP contribution is 3.02. The van der Waals surface area contributed by atoms with Crippen LogP contribution >= 0.6 is 10.2 Å². The largest absolute Gasteiger partial charge is 0.378 e. The number of nitrogens with zero attached hydrogens (tertiary/aromatic N) is 4. The number of carbonyl (C=O) groups is 1. The van der Waals surface area contributed by atoms with E-state index >= 15 is 0 Å². The molecule has 0 bridgehead atoms. The molecule has 2 aliphatic heterocycles. The van der Waals surface area contributed by atoms with E-state index < -0.39 is 26.8 Å². The zero-order valence-electron chi connectivity index (χ0n) is 18.9. The van der Waals surface area contributed by atoms with Gasteiger partial charge in [0.2, 0.25) is 5.95 Å². The summed E-state index contributed by atoms with van der Waals surface area (Å²) >= 11 is 0. The molecule has 0 unspecified atom stereocenters. The molecule has 2 aromatic heterocycles. The second-order valence-electron chi connectivity index (χ2n) is 8.94. The van der Waals surface area contributed by atoms with E-state index in [2.05, 4.69) is 15.0 Å². The summed E-state index contributed by atoms with van der Waals surface area (Å²) in [5, 5.41) is 0. The molecule has 3 aromatic rings. The molecule has 5 rings (SSSR count). The smallest absolute Gasteiger partial charge is 0.310 e. The van der Waals surface area contributed by atoms with Crippen molar-refractivity contribution in [2.75, 3.05) is 44.3 Å². The molecule has 0 saturated carbocycles. The van der Waals surface area contributed by atoms with Crippen LogP contribution in [0.5, 0.6) is 0 Å². The van der Waals surface area contributed by atoms with E-state index in [9.17, 15) is 28.6 Å². The minimum absolute atomic E-state index is 0.125. The fourth-order valence-corrected chi connectivity index (χ4v) is 5.32. The number of nitrogens with one attached hydrogen (secondary N) is 1. The normalized spacial score (nSPS) is 19.8. The Hall–Kier alpha value is -3.00. The fraction of sp³-hybridized carbons (Fsp3) is 0.409. The molecule has 1 aromatic carbocycles. The van der Waals surface area contributed by atoms with Crippen LogP contribution in [-0.4, -0.2) is 65.2 Å². The van der Waals surface area contributed by atoms with Gasteiger partial charge in [0.15, 0.2) is 5.65 Å². The number of ether oxygens (including phenoxy) is 1. The number of fused-ring (bicyclic) bond motifs is 1. The maximum absolute atomic E-state index is 14.9. The topological polar surface area (TPSA) is 74.3 Å². The van der Waals surface area contributed by atoms with Crippen LogP contribution in [0.2, 0.25) is 0 Å². The number of rotatable bonds is 4. The number of aromatic amines is 1. The number of hydrogen-bond donors (Lipinski definition) is 1. The third-order valence-corrected chi connectivity index (χ3v) is 7.71. The molecule has 2 fully saturated rings. The minimum atomic E-state index is -9.81. The van der Waals surface area contributed by atoms with Gasteiger partial charge in [0.05, 0.1) is 24.9 Å². The molecule has 0 atom stereocenters. The Morgan fingerprint density at radius 1 is 1.00 bits per heavy atom. The van der Waals surface area contributed by atoms with Crippen molar-refractivity contribution in [3.63, 3.8) is 0 Å². The van der Waals surface area contributed by atoms with E-state index in [1.54, 1.807) is 0 Å². The summed E-state index contributed by atoms with van der Waals surface area (Å²) in [6.45, 7) is 2.84. The van der Waals surface area contributed by atoms with Crippen LogP contribution in [0.4, 0.5) is 29.8 Å². The quantitative estimate of drug-likeness (QED) is 0.440. The average Bonchev–Trinajstić information content (AvgIpc) is 3.27. The average molecular weight is 536 g/mol. The van der Waals surface area contributed by atoms with Crippen molar-refractivity contribution >= 4 is 33.2 Å². The van der Waals surface area contributed by atoms with Crippen molar-refractivity contribution in [2.45, 2.75) is 23.7 Å². The standard InChI is InChI=1S/C22H23F6N5O2S/c23-17-13-29-20-19(30-22(31-20)33-9-11-35-12-10-33)18(17)14-5-7-32(8-6-14)21(34)15-1-3-16(4-2-15)36(24,25,26,27)28/h1-4,13-14H,5-12H2,(H,29,30,31). The van der Waals surface area contributed by atoms with E-state index in [0.29, 0.717) is 61.8 Å². The summed E-state index contributed by atoms with van der Waals surface area (Å²) in [7, 11) is -9.81. The Bertz CT molecular complexity index is 1300. The number of anilines is 1. The lowest BCUT2D eigenvalue weighted by molar-refractivity contribution is 0.0712. The first-order chi connectivity index (χ1) is 16.8. The van der Waals surface area contributed by atoms with Gasteiger partial charge >= 0.3 is 10.2 Å². The number of pyridine rings is 1. The molecular formula is C22H23F6N5O2S. The molecule has 36 heavy (non-hydrogen) atoms. The molecule has 4 heterocycles. The first kappa shape index (κ1) is 24.7. The van der Waals surface area contributed by atoms with Gasteiger partial charge in [0, 0.05) is 37.3 Å². The van der Waals surface area contributed by atoms with Gasteiger partial charge in [0.25, 0.3) is 5.91 Å². The van der Waals surface area contributed by atoms with Crippen LogP contribution in [0.1, 0.15) is 34.7 Å². The monoisotopic (exact) mass is 535 g/mol. The van der Waals surface area contributed by atoms with Crippen LogP contribution < -0.4 is 4.90 Å². The summed E-state index contributed by atoms with van der Waals surface area (Å²) < 4.78 is 85.0. The van der Waals surface area contributed by atoms with E-state index in [4.69, 9.17) is 4.74 Å². The lowest BCUT2D eigenvalue weighted by Gasteiger charge is -2.40. The maximum Gasteiger partial charge on any atom is 0.310 e. The Balaban J connectivity index is 1.31. The van der Waals surface area contributed by atoms with Gasteiger partial charge < -0.3 is 19.5 Å². The highest BCUT2D eigenvalue weighted by atomic mass is 32.5. The lowest BCUT2D eigenvalue weighted by Crippen LogP contribution is -2.38. The SMILES string of the molecule is O=C(c1ccc(S(F)(F)(F)(F)F)cc1)N1CCC(c2c(F)cnc3nc(N4CCOCC4)[nH]c23)CC1. The van der Waals surface area contributed by atoms with E-state index in [-0.39, 0.29) is 36.7 Å². The van der Waals surface area contributed by atoms with Gasteiger partial charge in [-0.05, 0) is 43.0 Å². The number of likely N-dealkylation sites (tertiary alicyclic amines) is 1. The molecule has 14 heteroatoms. The number of H-pyrrole nitrogens is 1. The van der Waals surface area contributed by atoms with Crippen LogP contribution in [0.3, 0.4) is 0 Å². The first-order valence-corrected chi connectivity index (χ1v) is 13.3. The first-order valence-electron chi connectivity index (χ1n) is 11.3. The van der Waals surface area contributed by atoms with Gasteiger partial charge in [-0.15, -0.1) is 0 Å². The summed E-state index contributed by atoms with van der Waals surface area (Å²) in [5.41, 5.74) is 1.18. The number of morpholine rings is 1. The number of halogens is 6. The number of amides is 1. The number of aromatic nitrogens is 3. The summed E-state index contributed by atoms with van der Waals surface area (Å²) in [4.78, 5) is 25.9. The molecule has 2 aliphatic rings. The second-order valence-corrected chi connectivity index (χ2v) is 11.3. The molecule has 0 radical (unpaired) electrons. The van der Waals surface area contributed by atoms with E-state index in [0.717, 1.165) is 18.3 Å². The Morgan fingerprint density at radius 3 is 2.25 bits per heavy atom.